The van der Waals surface area contributed by atoms with Gasteiger partial charge in [0.1, 0.15) is 0 Å². The molecule has 4 aromatic carbocycles. The van der Waals surface area contributed by atoms with Gasteiger partial charge in [0.25, 0.3) is 0 Å². The molecule has 0 fully saturated rings. The second-order valence-electron chi connectivity index (χ2n) is 7.20. The Bertz CT molecular complexity index is 941. The zero-order valence-corrected chi connectivity index (χ0v) is 17.9. The first-order valence-electron chi connectivity index (χ1n) is 10.2. The zero-order chi connectivity index (χ0) is 20.9. The van der Waals surface area contributed by atoms with Crippen molar-refractivity contribution in [1.29, 1.82) is 0 Å². The minimum atomic E-state index is -3.81. The van der Waals surface area contributed by atoms with Crippen LogP contribution >= 0.6 is 6.83 Å². The van der Waals surface area contributed by atoms with E-state index in [1.807, 2.05) is 79.7 Å². The average Bonchev–Trinajstić information content (AvgIpc) is 2.85. The monoisotopic (exact) mass is 412 g/mol. The molecule has 0 N–H and O–H groups in total. The van der Waals surface area contributed by atoms with Gasteiger partial charge < -0.3 is 0 Å². The van der Waals surface area contributed by atoms with E-state index < -0.39 is 6.83 Å². The molecule has 30 heavy (non-hydrogen) atoms. The van der Waals surface area contributed by atoms with Crippen LogP contribution in [0.25, 0.3) is 0 Å². The summed E-state index contributed by atoms with van der Waals surface area (Å²) in [5, 5.41) is 4.03. The number of hydrogen-bond acceptors (Lipinski definition) is 2. The minimum absolute atomic E-state index is 0.215. The molecule has 0 spiro atoms. The van der Waals surface area contributed by atoms with Crippen LogP contribution in [0.15, 0.2) is 121 Å². The number of carbonyl (C=O) groups is 1. The van der Waals surface area contributed by atoms with E-state index in [-0.39, 0.29) is 5.97 Å². The third kappa shape index (κ3) is 2.96. The molecule has 150 valence electrons. The van der Waals surface area contributed by atoms with Gasteiger partial charge in [-0.05, 0) is 0 Å². The van der Waals surface area contributed by atoms with Gasteiger partial charge in [-0.1, -0.05) is 0 Å². The fourth-order valence-corrected chi connectivity index (χ4v) is 9.93. The van der Waals surface area contributed by atoms with Gasteiger partial charge in [0.05, 0.1) is 0 Å². The second-order valence-corrected chi connectivity index (χ2v) is 11.5. The summed E-state index contributed by atoms with van der Waals surface area (Å²) in [5.41, 5.74) is 0. The molecular formula is C27H25O2P. The molecule has 0 heterocycles. The Balaban J connectivity index is 2.29. The zero-order valence-electron chi connectivity index (χ0n) is 17.0. The van der Waals surface area contributed by atoms with Crippen LogP contribution in [0.1, 0.15) is 13.3 Å². The van der Waals surface area contributed by atoms with Crippen LogP contribution in [0.4, 0.5) is 0 Å². The van der Waals surface area contributed by atoms with Crippen molar-refractivity contribution < 1.29 is 9.32 Å². The van der Waals surface area contributed by atoms with Gasteiger partial charge in [0, 0.05) is 0 Å². The first kappa shape index (κ1) is 20.1. The molecule has 0 atom stereocenters. The molecule has 0 radical (unpaired) electrons. The van der Waals surface area contributed by atoms with E-state index in [2.05, 4.69) is 48.5 Å². The van der Waals surface area contributed by atoms with Crippen LogP contribution in [-0.2, 0) is 9.32 Å². The topological polar surface area (TPSA) is 26.3 Å². The molecule has 0 saturated heterocycles. The standard InChI is InChI=1S/C27H25O2P/c1-2-27(28)29-30(23-15-7-3-8-16-23,24-17-9-4-10-18-24,25-19-11-5-12-20-25)26-21-13-6-14-22-26/h3-22H,2H2,1H3. The Morgan fingerprint density at radius 1 is 0.567 bits per heavy atom. The predicted molar refractivity (Wildman–Crippen MR) is 128 cm³/mol. The number of benzene rings is 4. The van der Waals surface area contributed by atoms with Crippen molar-refractivity contribution in [3.05, 3.63) is 121 Å². The quantitative estimate of drug-likeness (QED) is 0.429. The third-order valence-electron chi connectivity index (χ3n) is 5.57. The molecule has 3 heteroatoms. The first-order valence-corrected chi connectivity index (χ1v) is 12.3. The molecule has 2 nitrogen and oxygen atoms in total. The van der Waals surface area contributed by atoms with Gasteiger partial charge in [-0.25, -0.2) is 0 Å². The molecule has 0 aromatic heterocycles. The van der Waals surface area contributed by atoms with Crippen molar-refractivity contribution in [2.45, 2.75) is 13.3 Å². The second kappa shape index (κ2) is 8.26. The summed E-state index contributed by atoms with van der Waals surface area (Å²) in [6.07, 6.45) is 0.303. The van der Waals surface area contributed by atoms with Gasteiger partial charge in [-0.15, -0.1) is 0 Å². The summed E-state index contributed by atoms with van der Waals surface area (Å²) in [7, 11) is 0. The molecule has 0 bridgehead atoms. The fourth-order valence-electron chi connectivity index (χ4n) is 4.22. The summed E-state index contributed by atoms with van der Waals surface area (Å²) >= 11 is 0. The summed E-state index contributed by atoms with van der Waals surface area (Å²) in [6.45, 7) is -1.96. The van der Waals surface area contributed by atoms with Crippen LogP contribution in [0, 0.1) is 0 Å². The maximum absolute atomic E-state index is 13.1. The van der Waals surface area contributed by atoms with E-state index in [9.17, 15) is 4.79 Å². The summed E-state index contributed by atoms with van der Waals surface area (Å²) in [5.74, 6) is -0.215. The van der Waals surface area contributed by atoms with Crippen LogP contribution in [0.2, 0.25) is 0 Å². The van der Waals surface area contributed by atoms with Crippen molar-refractivity contribution in [2.24, 2.45) is 0 Å². The maximum atomic E-state index is 13.1. The summed E-state index contributed by atoms with van der Waals surface area (Å²) < 4.78 is 6.81. The third-order valence-corrected chi connectivity index (χ3v) is 11.3. The molecular weight excluding hydrogens is 387 g/mol. The SMILES string of the molecule is CCC(=O)OP(c1ccccc1)(c1ccccc1)(c1ccccc1)c1ccccc1. The molecule has 0 aliphatic carbocycles. The van der Waals surface area contributed by atoms with Crippen molar-refractivity contribution >= 4 is 34.0 Å². The van der Waals surface area contributed by atoms with E-state index in [0.717, 1.165) is 21.2 Å². The van der Waals surface area contributed by atoms with E-state index in [4.69, 9.17) is 4.52 Å². The molecule has 4 rings (SSSR count). The number of hydrogen-bond donors (Lipinski definition) is 0. The van der Waals surface area contributed by atoms with Gasteiger partial charge in [0.2, 0.25) is 0 Å². The van der Waals surface area contributed by atoms with Crippen LogP contribution < -0.4 is 21.2 Å². The number of rotatable bonds is 6. The predicted octanol–water partition coefficient (Wildman–Crippen LogP) is 4.71. The Kier molecular flexibility index (Phi) is 5.53. The molecule has 0 amide bonds. The molecule has 4 aromatic rings. The normalized spacial score (nSPS) is 12.5. The molecule has 0 saturated carbocycles. The van der Waals surface area contributed by atoms with Crippen LogP contribution in [0.5, 0.6) is 0 Å². The molecule has 0 aliphatic rings. The summed E-state index contributed by atoms with van der Waals surface area (Å²) in [6, 6.07) is 40.9. The fraction of sp³-hybridized carbons (Fsp3) is 0.0741. The van der Waals surface area contributed by atoms with Crippen molar-refractivity contribution in [1.82, 2.24) is 0 Å². The van der Waals surface area contributed by atoms with Crippen LogP contribution in [-0.4, -0.2) is 5.97 Å². The Labute approximate surface area is 178 Å². The van der Waals surface area contributed by atoms with Crippen molar-refractivity contribution in [3.63, 3.8) is 0 Å². The van der Waals surface area contributed by atoms with E-state index >= 15 is 0 Å². The van der Waals surface area contributed by atoms with Crippen molar-refractivity contribution in [3.8, 4) is 0 Å². The summed E-state index contributed by atoms with van der Waals surface area (Å²) in [4.78, 5) is 13.1. The van der Waals surface area contributed by atoms with Gasteiger partial charge in [-0.3, -0.25) is 0 Å². The van der Waals surface area contributed by atoms with Crippen LogP contribution in [0.3, 0.4) is 0 Å². The van der Waals surface area contributed by atoms with Gasteiger partial charge >= 0.3 is 178 Å². The Hall–Kier alpha value is -3.22. The molecule has 0 unspecified atom stereocenters. The van der Waals surface area contributed by atoms with Gasteiger partial charge in [-0.2, -0.15) is 0 Å². The Morgan fingerprint density at radius 3 is 1.07 bits per heavy atom. The van der Waals surface area contributed by atoms with E-state index in [0.29, 0.717) is 6.42 Å². The first-order chi connectivity index (χ1) is 14.7. The van der Waals surface area contributed by atoms with Crippen molar-refractivity contribution in [2.75, 3.05) is 0 Å². The van der Waals surface area contributed by atoms with E-state index in [1.54, 1.807) is 0 Å². The molecule has 0 aliphatic heterocycles. The van der Waals surface area contributed by atoms with Gasteiger partial charge in [0.15, 0.2) is 0 Å². The average molecular weight is 412 g/mol. The van der Waals surface area contributed by atoms with E-state index in [1.165, 1.54) is 0 Å². The Morgan fingerprint density at radius 2 is 0.833 bits per heavy atom. The number of carbonyl (C=O) groups excluding carboxylic acids is 1.